The molecule has 0 saturated carbocycles. The number of nitrogens with one attached hydrogen (secondary N) is 1. The van der Waals surface area contributed by atoms with Gasteiger partial charge in [0, 0.05) is 20.5 Å². The molecule has 3 nitrogen and oxygen atoms in total. The first-order valence-electron chi connectivity index (χ1n) is 8.46. The molecule has 0 aliphatic rings. The van der Waals surface area contributed by atoms with Gasteiger partial charge in [0.15, 0.2) is 0 Å². The van der Waals surface area contributed by atoms with Gasteiger partial charge in [-0.2, -0.15) is 0 Å². The summed E-state index contributed by atoms with van der Waals surface area (Å²) in [5, 5.41) is 0.687. The van der Waals surface area contributed by atoms with Gasteiger partial charge in [0.05, 0.1) is 5.39 Å². The van der Waals surface area contributed by atoms with Gasteiger partial charge < -0.3 is 4.98 Å². The Hall–Kier alpha value is -2.24. The van der Waals surface area contributed by atoms with Crippen molar-refractivity contribution in [2.24, 2.45) is 0 Å². The predicted octanol–water partition coefficient (Wildman–Crippen LogP) is 5.95. The second-order valence-corrected chi connectivity index (χ2v) is 8.17. The summed E-state index contributed by atoms with van der Waals surface area (Å²) >= 11 is 5.08. The standard InChI is InChI=1S/C21H17BrN2OS/c1-3-16-17(13-8-10-14(22)11-9-13)18-20(25)23-19(24-21(18)26-16)15-7-5-4-6-12(15)2/h4-11H,3H2,1-2H3,(H,23,24,25). The summed E-state index contributed by atoms with van der Waals surface area (Å²) in [6.45, 7) is 4.14. The van der Waals surface area contributed by atoms with Crippen LogP contribution in [0.2, 0.25) is 0 Å². The Morgan fingerprint density at radius 3 is 2.54 bits per heavy atom. The molecule has 0 aliphatic heterocycles. The molecule has 2 aromatic heterocycles. The third-order valence-electron chi connectivity index (χ3n) is 4.49. The second-order valence-electron chi connectivity index (χ2n) is 6.17. The zero-order valence-corrected chi connectivity index (χ0v) is 16.9. The van der Waals surface area contributed by atoms with E-state index in [0.717, 1.165) is 38.0 Å². The van der Waals surface area contributed by atoms with Crippen LogP contribution < -0.4 is 5.56 Å². The van der Waals surface area contributed by atoms with Crippen molar-refractivity contribution in [1.82, 2.24) is 9.97 Å². The molecular weight excluding hydrogens is 408 g/mol. The minimum absolute atomic E-state index is 0.0814. The summed E-state index contributed by atoms with van der Waals surface area (Å²) < 4.78 is 1.02. The summed E-state index contributed by atoms with van der Waals surface area (Å²) in [5.41, 5.74) is 4.03. The topological polar surface area (TPSA) is 45.8 Å². The Morgan fingerprint density at radius 1 is 1.12 bits per heavy atom. The number of rotatable bonds is 3. The van der Waals surface area contributed by atoms with Gasteiger partial charge in [-0.15, -0.1) is 11.3 Å². The van der Waals surface area contributed by atoms with E-state index < -0.39 is 0 Å². The molecule has 0 saturated heterocycles. The molecule has 0 fully saturated rings. The van der Waals surface area contributed by atoms with Crippen LogP contribution >= 0.6 is 27.3 Å². The zero-order chi connectivity index (χ0) is 18.3. The molecule has 4 rings (SSSR count). The predicted molar refractivity (Wildman–Crippen MR) is 113 cm³/mol. The van der Waals surface area contributed by atoms with E-state index in [4.69, 9.17) is 4.98 Å². The number of benzene rings is 2. The summed E-state index contributed by atoms with van der Waals surface area (Å²) in [4.78, 5) is 22.7. The van der Waals surface area contributed by atoms with Crippen molar-refractivity contribution in [2.75, 3.05) is 0 Å². The molecule has 0 atom stereocenters. The molecule has 0 bridgehead atoms. The number of aryl methyl sites for hydroxylation is 2. The second kappa shape index (κ2) is 6.82. The molecular formula is C21H17BrN2OS. The molecule has 26 heavy (non-hydrogen) atoms. The number of H-pyrrole nitrogens is 1. The lowest BCUT2D eigenvalue weighted by molar-refractivity contribution is 1.17. The normalized spacial score (nSPS) is 11.2. The van der Waals surface area contributed by atoms with Crippen LogP contribution in [0.15, 0.2) is 57.8 Å². The van der Waals surface area contributed by atoms with E-state index in [1.807, 2.05) is 55.5 Å². The third kappa shape index (κ3) is 2.91. The summed E-state index contributed by atoms with van der Waals surface area (Å²) in [6, 6.07) is 16.1. The van der Waals surface area contributed by atoms with E-state index in [-0.39, 0.29) is 5.56 Å². The largest absolute Gasteiger partial charge is 0.306 e. The van der Waals surface area contributed by atoms with E-state index in [9.17, 15) is 4.79 Å². The number of nitrogens with zero attached hydrogens (tertiary/aromatic N) is 1. The first kappa shape index (κ1) is 17.2. The molecule has 2 heterocycles. The molecule has 1 N–H and O–H groups in total. The minimum Gasteiger partial charge on any atom is -0.306 e. The maximum Gasteiger partial charge on any atom is 0.260 e. The highest BCUT2D eigenvalue weighted by Crippen LogP contribution is 2.37. The summed E-state index contributed by atoms with van der Waals surface area (Å²) in [7, 11) is 0. The molecule has 4 aromatic rings. The number of thiophene rings is 1. The minimum atomic E-state index is -0.0814. The van der Waals surface area contributed by atoms with Gasteiger partial charge in [0.25, 0.3) is 5.56 Å². The van der Waals surface area contributed by atoms with Crippen LogP contribution in [0, 0.1) is 6.92 Å². The van der Waals surface area contributed by atoms with Gasteiger partial charge in [-0.25, -0.2) is 4.98 Å². The van der Waals surface area contributed by atoms with Crippen LogP contribution in [0.4, 0.5) is 0 Å². The van der Waals surface area contributed by atoms with Crippen molar-refractivity contribution < 1.29 is 0 Å². The quantitative estimate of drug-likeness (QED) is 0.441. The Kier molecular flexibility index (Phi) is 4.51. The number of fused-ring (bicyclic) bond motifs is 1. The Morgan fingerprint density at radius 2 is 1.85 bits per heavy atom. The summed E-state index contributed by atoms with van der Waals surface area (Å²) in [6.07, 6.45) is 0.867. The maximum atomic E-state index is 13.0. The van der Waals surface area contributed by atoms with Gasteiger partial charge >= 0.3 is 0 Å². The van der Waals surface area contributed by atoms with Crippen LogP contribution in [-0.2, 0) is 6.42 Å². The van der Waals surface area contributed by atoms with E-state index in [2.05, 4.69) is 27.8 Å². The van der Waals surface area contributed by atoms with E-state index >= 15 is 0 Å². The molecule has 0 radical (unpaired) electrons. The summed E-state index contributed by atoms with van der Waals surface area (Å²) in [5.74, 6) is 0.631. The van der Waals surface area contributed by atoms with Crippen molar-refractivity contribution in [3.8, 4) is 22.5 Å². The number of hydrogen-bond acceptors (Lipinski definition) is 3. The Balaban J connectivity index is 1.99. The first-order chi connectivity index (χ1) is 12.6. The number of hydrogen-bond donors (Lipinski definition) is 1. The fourth-order valence-corrected chi connectivity index (χ4v) is 4.59. The third-order valence-corrected chi connectivity index (χ3v) is 6.25. The van der Waals surface area contributed by atoms with Crippen molar-refractivity contribution in [3.63, 3.8) is 0 Å². The van der Waals surface area contributed by atoms with Crippen molar-refractivity contribution >= 4 is 37.5 Å². The highest BCUT2D eigenvalue weighted by atomic mass is 79.9. The van der Waals surface area contributed by atoms with Crippen LogP contribution in [-0.4, -0.2) is 9.97 Å². The maximum absolute atomic E-state index is 13.0. The van der Waals surface area contributed by atoms with Crippen molar-refractivity contribution in [3.05, 3.63) is 73.8 Å². The highest BCUT2D eigenvalue weighted by Gasteiger charge is 2.18. The number of aromatic amines is 1. The van der Waals surface area contributed by atoms with E-state index in [0.29, 0.717) is 11.2 Å². The van der Waals surface area contributed by atoms with E-state index in [1.54, 1.807) is 11.3 Å². The lowest BCUT2D eigenvalue weighted by Gasteiger charge is -2.06. The average Bonchev–Trinajstić information content (AvgIpc) is 3.02. The fraction of sp³-hybridized carbons (Fsp3) is 0.143. The highest BCUT2D eigenvalue weighted by molar-refractivity contribution is 9.10. The van der Waals surface area contributed by atoms with Gasteiger partial charge in [-0.05, 0) is 36.6 Å². The van der Waals surface area contributed by atoms with Crippen LogP contribution in [0.25, 0.3) is 32.7 Å². The monoisotopic (exact) mass is 424 g/mol. The van der Waals surface area contributed by atoms with E-state index in [1.165, 1.54) is 4.88 Å². The molecule has 0 unspecified atom stereocenters. The van der Waals surface area contributed by atoms with Gasteiger partial charge in [-0.1, -0.05) is 59.3 Å². The molecule has 0 spiro atoms. The first-order valence-corrected chi connectivity index (χ1v) is 10.1. The fourth-order valence-electron chi connectivity index (χ4n) is 3.19. The Bertz CT molecular complexity index is 1160. The molecule has 130 valence electrons. The van der Waals surface area contributed by atoms with Crippen molar-refractivity contribution in [1.29, 1.82) is 0 Å². The van der Waals surface area contributed by atoms with Gasteiger partial charge in [0.2, 0.25) is 0 Å². The Labute approximate surface area is 163 Å². The zero-order valence-electron chi connectivity index (χ0n) is 14.5. The van der Waals surface area contributed by atoms with Crippen LogP contribution in [0.3, 0.4) is 0 Å². The lowest BCUT2D eigenvalue weighted by atomic mass is 10.0. The van der Waals surface area contributed by atoms with Crippen molar-refractivity contribution in [2.45, 2.75) is 20.3 Å². The molecule has 0 amide bonds. The molecule has 5 heteroatoms. The molecule has 0 aliphatic carbocycles. The van der Waals surface area contributed by atoms with Crippen LogP contribution in [0.5, 0.6) is 0 Å². The SMILES string of the molecule is CCc1sc2nc(-c3ccccc3C)[nH]c(=O)c2c1-c1ccc(Br)cc1. The number of halogens is 1. The number of aromatic nitrogens is 2. The molecule has 2 aromatic carbocycles. The van der Waals surface area contributed by atoms with Gasteiger partial charge in [0.1, 0.15) is 10.7 Å². The van der Waals surface area contributed by atoms with Crippen LogP contribution in [0.1, 0.15) is 17.4 Å². The average molecular weight is 425 g/mol. The van der Waals surface area contributed by atoms with Gasteiger partial charge in [-0.3, -0.25) is 4.79 Å². The lowest BCUT2D eigenvalue weighted by Crippen LogP contribution is -2.09. The smallest absolute Gasteiger partial charge is 0.260 e.